The van der Waals surface area contributed by atoms with E-state index in [1.165, 1.54) is 71.7 Å². The summed E-state index contributed by atoms with van der Waals surface area (Å²) in [5.74, 6) is 0. The molecule has 0 aliphatic heterocycles. The normalized spacial score (nSPS) is 13.5. The summed E-state index contributed by atoms with van der Waals surface area (Å²) in [6, 6.07) is 35.6. The topological polar surface area (TPSA) is 17.3 Å². The van der Waals surface area contributed by atoms with Crippen molar-refractivity contribution < 1.29 is 0 Å². The van der Waals surface area contributed by atoms with E-state index in [9.17, 15) is 0 Å². The van der Waals surface area contributed by atoms with Crippen molar-refractivity contribution in [1.29, 1.82) is 0 Å². The maximum absolute atomic E-state index is 5.22. The van der Waals surface area contributed by atoms with Gasteiger partial charge in [0.15, 0.2) is 0 Å². The number of imidazole rings is 1. The third kappa shape index (κ3) is 2.14. The molecule has 2 heterocycles. The molecule has 2 aromatic heterocycles. The largest absolute Gasteiger partial charge is 0.292 e. The fourth-order valence-corrected chi connectivity index (χ4v) is 6.80. The second kappa shape index (κ2) is 6.17. The number of rotatable bonds is 0. The minimum atomic E-state index is 0.983. The van der Waals surface area contributed by atoms with Crippen molar-refractivity contribution in [3.8, 4) is 22.3 Å². The van der Waals surface area contributed by atoms with E-state index in [4.69, 9.17) is 4.98 Å². The van der Waals surface area contributed by atoms with E-state index in [-0.39, 0.29) is 0 Å². The Morgan fingerprint density at radius 3 is 2.29 bits per heavy atom. The zero-order chi connectivity index (χ0) is 22.7. The zero-order valence-electron chi connectivity index (χ0n) is 19.0. The van der Waals surface area contributed by atoms with Crippen molar-refractivity contribution in [2.24, 2.45) is 0 Å². The Labute approximate surface area is 202 Å². The molecule has 2 aliphatic rings. The predicted octanol–water partition coefficient (Wildman–Crippen LogP) is 7.94. The van der Waals surface area contributed by atoms with Crippen molar-refractivity contribution >= 4 is 38.4 Å². The molecule has 0 N–H and O–H groups in total. The third-order valence-electron chi connectivity index (χ3n) is 8.21. The molecule has 0 radical (unpaired) electrons. The molecule has 7 aromatic rings. The molecule has 5 aromatic carbocycles. The SMILES string of the molecule is c1ccc2c(c1)Cc1ccc3c(c1-2)Cc1ccc2c4ccccc4n4c5ccccc5nc4c2c1-3. The highest BCUT2D eigenvalue weighted by atomic mass is 15.0. The molecule has 0 bridgehead atoms. The van der Waals surface area contributed by atoms with Gasteiger partial charge in [-0.05, 0) is 80.9 Å². The molecule has 2 heteroatoms. The van der Waals surface area contributed by atoms with Crippen LogP contribution in [-0.4, -0.2) is 9.38 Å². The number of hydrogen-bond donors (Lipinski definition) is 0. The molecular weight excluding hydrogens is 424 g/mol. The summed E-state index contributed by atoms with van der Waals surface area (Å²) in [6.45, 7) is 0. The maximum atomic E-state index is 5.22. The zero-order valence-corrected chi connectivity index (χ0v) is 19.0. The molecule has 0 unspecified atom stereocenters. The number of fused-ring (bicyclic) bond motifs is 16. The lowest BCUT2D eigenvalue weighted by atomic mass is 9.93. The first-order chi connectivity index (χ1) is 17.4. The van der Waals surface area contributed by atoms with Gasteiger partial charge >= 0.3 is 0 Å². The summed E-state index contributed by atoms with van der Waals surface area (Å²) >= 11 is 0. The Balaban J connectivity index is 1.48. The van der Waals surface area contributed by atoms with Crippen LogP contribution in [0.25, 0.3) is 60.6 Å². The van der Waals surface area contributed by atoms with E-state index in [0.717, 1.165) is 24.0 Å². The highest BCUT2D eigenvalue weighted by molar-refractivity contribution is 6.20. The molecule has 35 heavy (non-hydrogen) atoms. The number of hydrogen-bond acceptors (Lipinski definition) is 1. The van der Waals surface area contributed by atoms with E-state index in [1.807, 2.05) is 0 Å². The average Bonchev–Trinajstić information content (AvgIpc) is 3.59. The number of para-hydroxylation sites is 3. The third-order valence-corrected chi connectivity index (χ3v) is 8.21. The lowest BCUT2D eigenvalue weighted by Gasteiger charge is -2.13. The second-order valence-corrected chi connectivity index (χ2v) is 9.94. The first-order valence-electron chi connectivity index (χ1n) is 12.3. The molecule has 2 aliphatic carbocycles. The Bertz CT molecular complexity index is 2060. The first kappa shape index (κ1) is 18.0. The first-order valence-corrected chi connectivity index (χ1v) is 12.3. The van der Waals surface area contributed by atoms with Crippen LogP contribution < -0.4 is 0 Å². The van der Waals surface area contributed by atoms with E-state index >= 15 is 0 Å². The highest BCUT2D eigenvalue weighted by Gasteiger charge is 2.30. The van der Waals surface area contributed by atoms with Gasteiger partial charge in [0.1, 0.15) is 5.65 Å². The monoisotopic (exact) mass is 444 g/mol. The van der Waals surface area contributed by atoms with Gasteiger partial charge in [0.25, 0.3) is 0 Å². The van der Waals surface area contributed by atoms with E-state index in [1.54, 1.807) is 0 Å². The quantitative estimate of drug-likeness (QED) is 0.217. The molecule has 162 valence electrons. The van der Waals surface area contributed by atoms with Gasteiger partial charge in [-0.2, -0.15) is 0 Å². The molecule has 0 spiro atoms. The summed E-state index contributed by atoms with van der Waals surface area (Å²) in [6.07, 6.45) is 2.02. The molecule has 0 saturated carbocycles. The summed E-state index contributed by atoms with van der Waals surface area (Å²) in [5, 5.41) is 3.85. The van der Waals surface area contributed by atoms with E-state index < -0.39 is 0 Å². The minimum Gasteiger partial charge on any atom is -0.292 e. The van der Waals surface area contributed by atoms with Crippen LogP contribution in [0, 0.1) is 0 Å². The number of aromatic nitrogens is 2. The summed E-state index contributed by atoms with van der Waals surface area (Å²) in [5.41, 5.74) is 15.9. The van der Waals surface area contributed by atoms with Crippen molar-refractivity contribution in [3.63, 3.8) is 0 Å². The van der Waals surface area contributed by atoms with Crippen LogP contribution >= 0.6 is 0 Å². The van der Waals surface area contributed by atoms with Crippen LogP contribution in [0.15, 0.2) is 97.1 Å². The van der Waals surface area contributed by atoms with Crippen LogP contribution in [0.2, 0.25) is 0 Å². The van der Waals surface area contributed by atoms with Gasteiger partial charge in [-0.15, -0.1) is 0 Å². The van der Waals surface area contributed by atoms with Crippen LogP contribution in [0.5, 0.6) is 0 Å². The van der Waals surface area contributed by atoms with Crippen molar-refractivity contribution in [2.45, 2.75) is 12.8 Å². The van der Waals surface area contributed by atoms with Crippen molar-refractivity contribution in [3.05, 3.63) is 119 Å². The number of nitrogens with zero attached hydrogens (tertiary/aromatic N) is 2. The average molecular weight is 445 g/mol. The summed E-state index contributed by atoms with van der Waals surface area (Å²) < 4.78 is 2.37. The van der Waals surface area contributed by atoms with Crippen LogP contribution in [0.1, 0.15) is 22.3 Å². The molecule has 0 fully saturated rings. The standard InChI is InChI=1S/C33H20N2/c1-2-8-22-19(7-1)17-20-13-16-25-26(30(20)22)18-21-14-15-24-23-9-3-5-11-28(23)35-29-12-6-4-10-27(29)34-33(35)32(24)31(21)25/h1-16H,17-18H2. The molecule has 0 saturated heterocycles. The van der Waals surface area contributed by atoms with Gasteiger partial charge in [0.2, 0.25) is 0 Å². The highest BCUT2D eigenvalue weighted by Crippen LogP contribution is 2.50. The number of benzene rings is 5. The van der Waals surface area contributed by atoms with Gasteiger partial charge in [-0.3, -0.25) is 4.40 Å². The van der Waals surface area contributed by atoms with Crippen LogP contribution in [0.3, 0.4) is 0 Å². The van der Waals surface area contributed by atoms with E-state index in [2.05, 4.69) is 101 Å². The van der Waals surface area contributed by atoms with Gasteiger partial charge in [0, 0.05) is 10.8 Å². The Kier molecular flexibility index (Phi) is 3.16. The summed E-state index contributed by atoms with van der Waals surface area (Å²) in [4.78, 5) is 5.22. The molecule has 9 rings (SSSR count). The fraction of sp³-hybridized carbons (Fsp3) is 0.0606. The van der Waals surface area contributed by atoms with Crippen LogP contribution in [0.4, 0.5) is 0 Å². The van der Waals surface area contributed by atoms with Gasteiger partial charge in [-0.25, -0.2) is 4.98 Å². The molecular formula is C33H20N2. The van der Waals surface area contributed by atoms with E-state index in [0.29, 0.717) is 0 Å². The Morgan fingerprint density at radius 1 is 0.543 bits per heavy atom. The maximum Gasteiger partial charge on any atom is 0.147 e. The molecule has 2 nitrogen and oxygen atoms in total. The number of pyridine rings is 1. The Morgan fingerprint density at radius 2 is 1.31 bits per heavy atom. The van der Waals surface area contributed by atoms with Gasteiger partial charge in [0.05, 0.1) is 16.6 Å². The lowest BCUT2D eigenvalue weighted by Crippen LogP contribution is -1.94. The minimum absolute atomic E-state index is 0.983. The Hall–Kier alpha value is -4.43. The van der Waals surface area contributed by atoms with Gasteiger partial charge < -0.3 is 0 Å². The lowest BCUT2D eigenvalue weighted by molar-refractivity contribution is 1.23. The van der Waals surface area contributed by atoms with Crippen molar-refractivity contribution in [1.82, 2.24) is 9.38 Å². The fourth-order valence-electron chi connectivity index (χ4n) is 6.80. The van der Waals surface area contributed by atoms with Crippen LogP contribution in [-0.2, 0) is 12.8 Å². The smallest absolute Gasteiger partial charge is 0.147 e. The summed E-state index contributed by atoms with van der Waals surface area (Å²) in [7, 11) is 0. The predicted molar refractivity (Wildman–Crippen MR) is 144 cm³/mol. The van der Waals surface area contributed by atoms with Crippen molar-refractivity contribution in [2.75, 3.05) is 0 Å². The molecule has 0 atom stereocenters. The second-order valence-electron chi connectivity index (χ2n) is 9.94. The van der Waals surface area contributed by atoms with Gasteiger partial charge in [-0.1, -0.05) is 78.9 Å². The molecule has 0 amide bonds.